The molecule has 0 unspecified atom stereocenters. The third-order valence-electron chi connectivity index (χ3n) is 0.501. The van der Waals surface area contributed by atoms with Crippen LogP contribution in [0.1, 0.15) is 0 Å². The minimum atomic E-state index is 0.150. The van der Waals surface area contributed by atoms with E-state index in [9.17, 15) is 0 Å². The minimum absolute atomic E-state index is 0.150. The van der Waals surface area contributed by atoms with Gasteiger partial charge in [0, 0.05) is 29.4 Å². The van der Waals surface area contributed by atoms with E-state index in [1.165, 1.54) is 0 Å². The smallest absolute Gasteiger partial charge is 0.185 e. The Morgan fingerprint density at radius 2 is 2.25 bits per heavy atom. The lowest BCUT2D eigenvalue weighted by molar-refractivity contribution is 0.936. The van der Waals surface area contributed by atoms with Crippen molar-refractivity contribution in [1.82, 2.24) is 3.53 Å². The van der Waals surface area contributed by atoms with Crippen molar-refractivity contribution < 1.29 is 0 Å². The first kappa shape index (κ1) is 7.96. The maximum absolute atomic E-state index is 5.03. The van der Waals surface area contributed by atoms with Crippen molar-refractivity contribution in [1.29, 1.82) is 0 Å². The highest BCUT2D eigenvalue weighted by Gasteiger charge is 1.78. The van der Waals surface area contributed by atoms with Gasteiger partial charge in [0.2, 0.25) is 0 Å². The molecule has 0 aromatic rings. The minimum Gasteiger partial charge on any atom is -0.370 e. The Balaban J connectivity index is 3.03. The van der Waals surface area contributed by atoms with E-state index in [0.29, 0.717) is 6.54 Å². The van der Waals surface area contributed by atoms with Crippen LogP contribution < -0.4 is 15.0 Å². The molecule has 0 aromatic carbocycles. The van der Waals surface area contributed by atoms with E-state index in [4.69, 9.17) is 11.5 Å². The fraction of sp³-hybridized carbons (Fsp3) is 0.667. The molecule has 0 aliphatic carbocycles. The summed E-state index contributed by atoms with van der Waals surface area (Å²) in [5, 5.41) is 0. The van der Waals surface area contributed by atoms with Crippen LogP contribution >= 0.6 is 22.9 Å². The molecule has 48 valence electrons. The van der Waals surface area contributed by atoms with Gasteiger partial charge in [-0.3, -0.25) is 8.52 Å². The van der Waals surface area contributed by atoms with Crippen LogP contribution in [0.5, 0.6) is 0 Å². The van der Waals surface area contributed by atoms with Gasteiger partial charge >= 0.3 is 0 Å². The summed E-state index contributed by atoms with van der Waals surface area (Å²) in [5.41, 5.74) is 10.1. The number of aliphatic imine (C=N–C) groups is 1. The summed E-state index contributed by atoms with van der Waals surface area (Å²) in [6.45, 7) is 1.45. The van der Waals surface area contributed by atoms with Gasteiger partial charge in [-0.1, -0.05) is 0 Å². The van der Waals surface area contributed by atoms with Gasteiger partial charge in [-0.05, 0) is 0 Å². The number of guanidine groups is 1. The molecule has 0 fully saturated rings. The Kier molecular flexibility index (Phi) is 5.08. The molecule has 0 aliphatic rings. The molecule has 0 bridgehead atoms. The van der Waals surface area contributed by atoms with E-state index in [1.807, 2.05) is 22.9 Å². The Labute approximate surface area is 62.2 Å². The first-order valence-electron chi connectivity index (χ1n) is 2.16. The highest BCUT2D eigenvalue weighted by Crippen LogP contribution is 1.69. The molecule has 0 radical (unpaired) electrons. The van der Waals surface area contributed by atoms with Gasteiger partial charge in [-0.25, -0.2) is 0 Å². The first-order chi connectivity index (χ1) is 3.77. The number of hydrogen-bond donors (Lipinski definition) is 3. The van der Waals surface area contributed by atoms with E-state index in [0.717, 1.165) is 6.54 Å². The van der Waals surface area contributed by atoms with Crippen molar-refractivity contribution >= 4 is 28.8 Å². The highest BCUT2D eigenvalue weighted by molar-refractivity contribution is 14.1. The van der Waals surface area contributed by atoms with Crippen LogP contribution in [0, 0.1) is 0 Å². The average molecular weight is 228 g/mol. The molecule has 0 aromatic heterocycles. The fourth-order valence-electron chi connectivity index (χ4n) is 0.227. The number of rotatable bonds is 3. The van der Waals surface area contributed by atoms with Crippen LogP contribution in [-0.2, 0) is 0 Å². The second-order valence-electron chi connectivity index (χ2n) is 1.19. The molecular formula is C3H9IN4. The van der Waals surface area contributed by atoms with Crippen molar-refractivity contribution in [2.24, 2.45) is 16.5 Å². The molecule has 0 atom stereocenters. The maximum atomic E-state index is 5.03. The summed E-state index contributed by atoms with van der Waals surface area (Å²) < 4.78 is 2.87. The van der Waals surface area contributed by atoms with Crippen LogP contribution in [0.25, 0.3) is 0 Å². The van der Waals surface area contributed by atoms with Crippen LogP contribution in [0.15, 0.2) is 4.99 Å². The van der Waals surface area contributed by atoms with Gasteiger partial charge in [0.15, 0.2) is 5.96 Å². The molecule has 0 saturated carbocycles. The zero-order valence-corrected chi connectivity index (χ0v) is 6.55. The van der Waals surface area contributed by atoms with E-state index in [-0.39, 0.29) is 5.96 Å². The van der Waals surface area contributed by atoms with Gasteiger partial charge in [0.05, 0.1) is 6.54 Å². The molecule has 0 spiro atoms. The second kappa shape index (κ2) is 5.10. The van der Waals surface area contributed by atoms with Crippen LogP contribution in [-0.4, -0.2) is 19.0 Å². The maximum Gasteiger partial charge on any atom is 0.185 e. The molecule has 0 aliphatic heterocycles. The molecule has 0 rings (SSSR count). The second-order valence-corrected chi connectivity index (χ2v) is 1.95. The Morgan fingerprint density at radius 1 is 1.62 bits per heavy atom. The molecular weight excluding hydrogens is 219 g/mol. The van der Waals surface area contributed by atoms with Crippen molar-refractivity contribution in [3.8, 4) is 0 Å². The lowest BCUT2D eigenvalue weighted by Gasteiger charge is -1.90. The lowest BCUT2D eigenvalue weighted by atomic mass is 10.7. The Morgan fingerprint density at radius 3 is 2.62 bits per heavy atom. The van der Waals surface area contributed by atoms with Gasteiger partial charge in [-0.2, -0.15) is 0 Å². The number of nitrogens with zero attached hydrogens (tertiary/aromatic N) is 1. The fourth-order valence-corrected chi connectivity index (χ4v) is 0.468. The predicted octanol–water partition coefficient (Wildman–Crippen LogP) is -0.801. The first-order valence-corrected chi connectivity index (χ1v) is 3.24. The largest absolute Gasteiger partial charge is 0.370 e. The molecule has 5 N–H and O–H groups in total. The van der Waals surface area contributed by atoms with Crippen molar-refractivity contribution in [2.75, 3.05) is 13.1 Å². The van der Waals surface area contributed by atoms with Crippen molar-refractivity contribution in [3.05, 3.63) is 0 Å². The molecule has 0 amide bonds. The molecule has 8 heavy (non-hydrogen) atoms. The zero-order chi connectivity index (χ0) is 6.41. The average Bonchev–Trinajstić information content (AvgIpc) is 1.66. The van der Waals surface area contributed by atoms with Crippen molar-refractivity contribution in [3.63, 3.8) is 0 Å². The van der Waals surface area contributed by atoms with E-state index >= 15 is 0 Å². The standard InChI is InChI=1S/C3H9IN4/c4-8-2-1-7-3(5)6/h8H,1-2H2,(H4,5,6,7). The SMILES string of the molecule is NC(N)=NCCNI. The van der Waals surface area contributed by atoms with E-state index < -0.39 is 0 Å². The van der Waals surface area contributed by atoms with E-state index in [1.54, 1.807) is 0 Å². The summed E-state index contributed by atoms with van der Waals surface area (Å²) in [4.78, 5) is 3.72. The van der Waals surface area contributed by atoms with E-state index in [2.05, 4.69) is 8.52 Å². The predicted molar refractivity (Wildman–Crippen MR) is 42.7 cm³/mol. The molecule has 5 heteroatoms. The van der Waals surface area contributed by atoms with Gasteiger partial charge in [-0.15, -0.1) is 0 Å². The van der Waals surface area contributed by atoms with Crippen LogP contribution in [0.3, 0.4) is 0 Å². The third-order valence-corrected chi connectivity index (χ3v) is 1.04. The quantitative estimate of drug-likeness (QED) is 0.194. The molecule has 0 saturated heterocycles. The van der Waals surface area contributed by atoms with Gasteiger partial charge in [0.1, 0.15) is 0 Å². The van der Waals surface area contributed by atoms with Crippen LogP contribution in [0.2, 0.25) is 0 Å². The van der Waals surface area contributed by atoms with Gasteiger partial charge < -0.3 is 11.5 Å². The lowest BCUT2D eigenvalue weighted by Crippen LogP contribution is -2.24. The summed E-state index contributed by atoms with van der Waals surface area (Å²) in [5.74, 6) is 0.150. The Hall–Kier alpha value is -0.0400. The zero-order valence-electron chi connectivity index (χ0n) is 4.39. The topological polar surface area (TPSA) is 76.4 Å². The van der Waals surface area contributed by atoms with Crippen LogP contribution in [0.4, 0.5) is 0 Å². The monoisotopic (exact) mass is 228 g/mol. The van der Waals surface area contributed by atoms with Crippen molar-refractivity contribution in [2.45, 2.75) is 0 Å². The number of hydrogen-bond acceptors (Lipinski definition) is 2. The summed E-state index contributed by atoms with van der Waals surface area (Å²) in [6, 6.07) is 0. The third kappa shape index (κ3) is 5.96. The van der Waals surface area contributed by atoms with Gasteiger partial charge in [0.25, 0.3) is 0 Å². The Bertz CT molecular complexity index is 77.4. The number of nitrogens with one attached hydrogen (secondary N) is 1. The normalized spacial score (nSPS) is 8.62. The highest BCUT2D eigenvalue weighted by atomic mass is 127. The molecule has 4 nitrogen and oxygen atoms in total. The summed E-state index contributed by atoms with van der Waals surface area (Å²) in [6.07, 6.45) is 0. The summed E-state index contributed by atoms with van der Waals surface area (Å²) in [7, 11) is 0. The molecule has 0 heterocycles. The summed E-state index contributed by atoms with van der Waals surface area (Å²) >= 11 is 2.03. The number of halogens is 1. The number of nitrogens with two attached hydrogens (primary N) is 2.